The second-order valence-electron chi connectivity index (χ2n) is 2.80. The molecule has 1 atom stereocenters. The summed E-state index contributed by atoms with van der Waals surface area (Å²) >= 11 is 0. The van der Waals surface area contributed by atoms with Gasteiger partial charge in [-0.2, -0.15) is 0 Å². The third-order valence-corrected chi connectivity index (χ3v) is 3.07. The van der Waals surface area contributed by atoms with Crippen LogP contribution in [0.25, 0.3) is 0 Å². The third kappa shape index (κ3) is 4.05. The van der Waals surface area contributed by atoms with Crippen molar-refractivity contribution in [1.82, 2.24) is 4.72 Å². The molecule has 0 saturated carbocycles. The molecule has 0 saturated heterocycles. The van der Waals surface area contributed by atoms with E-state index in [1.807, 2.05) is 0 Å². The van der Waals surface area contributed by atoms with Crippen molar-refractivity contribution < 1.29 is 18.3 Å². The van der Waals surface area contributed by atoms with Gasteiger partial charge in [0, 0.05) is 6.54 Å². The van der Waals surface area contributed by atoms with Crippen molar-refractivity contribution in [2.45, 2.75) is 19.1 Å². The van der Waals surface area contributed by atoms with Gasteiger partial charge in [-0.15, -0.1) is 0 Å². The Morgan fingerprint density at radius 2 is 2.08 bits per heavy atom. The minimum atomic E-state index is -3.76. The summed E-state index contributed by atoms with van der Waals surface area (Å²) in [6, 6.07) is 0. The van der Waals surface area contributed by atoms with Gasteiger partial charge in [0.2, 0.25) is 10.0 Å². The highest BCUT2D eigenvalue weighted by molar-refractivity contribution is 7.90. The number of sulfonamides is 1. The summed E-state index contributed by atoms with van der Waals surface area (Å²) in [5.74, 6) is -1.37. The second-order valence-corrected chi connectivity index (χ2v) is 4.89. The molecule has 0 aromatic heterocycles. The average Bonchev–Trinajstić information content (AvgIpc) is 1.99. The average molecular weight is 207 g/mol. The van der Waals surface area contributed by atoms with Crippen LogP contribution in [0.4, 0.5) is 0 Å². The van der Waals surface area contributed by atoms with Crippen molar-refractivity contribution in [3.63, 3.8) is 0 Å². The first-order valence-corrected chi connectivity index (χ1v) is 5.17. The maximum Gasteiger partial charge on any atom is 0.323 e. The Hall–Kier alpha value is -0.880. The van der Waals surface area contributed by atoms with Gasteiger partial charge in [0.05, 0.1) is 0 Å². The van der Waals surface area contributed by atoms with Gasteiger partial charge in [-0.25, -0.2) is 13.1 Å². The SMILES string of the molecule is C=C(C)CNS(=O)(=O)C(C)C(=O)O. The zero-order valence-corrected chi connectivity index (χ0v) is 8.39. The molecule has 5 nitrogen and oxygen atoms in total. The second kappa shape index (κ2) is 4.38. The van der Waals surface area contributed by atoms with E-state index in [2.05, 4.69) is 11.3 Å². The minimum absolute atomic E-state index is 0.0694. The predicted octanol–water partition coefficient (Wildman–Crippen LogP) is -0.0450. The summed E-state index contributed by atoms with van der Waals surface area (Å²) in [7, 11) is -3.76. The van der Waals surface area contributed by atoms with Crippen molar-refractivity contribution in [3.8, 4) is 0 Å². The van der Waals surface area contributed by atoms with Crippen molar-refractivity contribution >= 4 is 16.0 Å². The molecule has 0 heterocycles. The third-order valence-electron chi connectivity index (χ3n) is 1.39. The first-order valence-electron chi connectivity index (χ1n) is 3.63. The van der Waals surface area contributed by atoms with E-state index < -0.39 is 21.2 Å². The van der Waals surface area contributed by atoms with Crippen molar-refractivity contribution in [2.75, 3.05) is 6.54 Å². The molecule has 0 aromatic rings. The Morgan fingerprint density at radius 1 is 1.62 bits per heavy atom. The van der Waals surface area contributed by atoms with Gasteiger partial charge in [-0.1, -0.05) is 12.2 Å². The standard InChI is InChI=1S/C7H13NO4S/c1-5(2)4-8-13(11,12)6(3)7(9)10/h6,8H,1,4H2,2-3H3,(H,9,10). The maximum atomic E-state index is 11.1. The summed E-state index contributed by atoms with van der Waals surface area (Å²) < 4.78 is 24.4. The minimum Gasteiger partial charge on any atom is -0.480 e. The Labute approximate surface area is 77.5 Å². The zero-order chi connectivity index (χ0) is 10.6. The van der Waals surface area contributed by atoms with E-state index in [-0.39, 0.29) is 6.54 Å². The van der Waals surface area contributed by atoms with E-state index in [9.17, 15) is 13.2 Å². The lowest BCUT2D eigenvalue weighted by atomic mass is 10.4. The zero-order valence-electron chi connectivity index (χ0n) is 7.57. The van der Waals surface area contributed by atoms with Crippen LogP contribution in [-0.4, -0.2) is 31.3 Å². The molecule has 0 aliphatic carbocycles. The molecular weight excluding hydrogens is 194 g/mol. The fourth-order valence-electron chi connectivity index (χ4n) is 0.482. The molecule has 1 unspecified atom stereocenters. The van der Waals surface area contributed by atoms with Crippen LogP contribution in [-0.2, 0) is 14.8 Å². The molecule has 0 aliphatic heterocycles. The Balaban J connectivity index is 4.41. The summed E-state index contributed by atoms with van der Waals surface area (Å²) in [6.07, 6.45) is 0. The molecule has 0 aliphatic rings. The Kier molecular flexibility index (Phi) is 4.09. The van der Waals surface area contributed by atoms with Gasteiger partial charge in [0.15, 0.2) is 5.25 Å². The van der Waals surface area contributed by atoms with Crippen LogP contribution in [0.5, 0.6) is 0 Å². The summed E-state index contributed by atoms with van der Waals surface area (Å²) in [4.78, 5) is 10.3. The van der Waals surface area contributed by atoms with Gasteiger partial charge < -0.3 is 5.11 Å². The van der Waals surface area contributed by atoms with Gasteiger partial charge >= 0.3 is 5.97 Å². The first-order chi connectivity index (χ1) is 5.77. The number of carbonyl (C=O) groups is 1. The fourth-order valence-corrected chi connectivity index (χ4v) is 1.44. The monoisotopic (exact) mass is 207 g/mol. The van der Waals surface area contributed by atoms with Gasteiger partial charge in [0.1, 0.15) is 0 Å². The maximum absolute atomic E-state index is 11.1. The van der Waals surface area contributed by atoms with Crippen LogP contribution in [0.3, 0.4) is 0 Å². The van der Waals surface area contributed by atoms with E-state index in [1.165, 1.54) is 0 Å². The number of hydrogen-bond donors (Lipinski definition) is 2. The molecule has 2 N–H and O–H groups in total. The van der Waals surface area contributed by atoms with Crippen LogP contribution < -0.4 is 4.72 Å². The largest absolute Gasteiger partial charge is 0.480 e. The highest BCUT2D eigenvalue weighted by Crippen LogP contribution is 1.98. The molecule has 6 heteroatoms. The molecule has 0 aromatic carbocycles. The molecule has 0 fully saturated rings. The number of rotatable bonds is 5. The fraction of sp³-hybridized carbons (Fsp3) is 0.571. The van der Waals surface area contributed by atoms with E-state index in [4.69, 9.17) is 5.11 Å². The highest BCUT2D eigenvalue weighted by atomic mass is 32.2. The van der Waals surface area contributed by atoms with Gasteiger partial charge in [0.25, 0.3) is 0 Å². The van der Waals surface area contributed by atoms with Crippen LogP contribution in [0.2, 0.25) is 0 Å². The number of nitrogens with one attached hydrogen (secondary N) is 1. The van der Waals surface area contributed by atoms with E-state index in [0.717, 1.165) is 6.92 Å². The van der Waals surface area contributed by atoms with Crippen LogP contribution in [0.1, 0.15) is 13.8 Å². The first kappa shape index (κ1) is 12.1. The lowest BCUT2D eigenvalue weighted by Crippen LogP contribution is -2.38. The van der Waals surface area contributed by atoms with E-state index >= 15 is 0 Å². The Bertz CT molecular complexity index is 306. The molecule has 0 amide bonds. The van der Waals surface area contributed by atoms with Gasteiger partial charge in [-0.3, -0.25) is 4.79 Å². The van der Waals surface area contributed by atoms with Crippen molar-refractivity contribution in [3.05, 3.63) is 12.2 Å². The van der Waals surface area contributed by atoms with Crippen molar-refractivity contribution in [1.29, 1.82) is 0 Å². The van der Waals surface area contributed by atoms with Crippen LogP contribution in [0.15, 0.2) is 12.2 Å². The normalized spacial score (nSPS) is 13.7. The molecular formula is C7H13NO4S. The van der Waals surface area contributed by atoms with Crippen LogP contribution in [0, 0.1) is 0 Å². The number of carboxylic acids is 1. The molecule has 76 valence electrons. The molecule has 0 radical (unpaired) electrons. The molecule has 0 rings (SSSR count). The number of carboxylic acid groups (broad SMARTS) is 1. The summed E-state index contributed by atoms with van der Waals surface area (Å²) in [6.45, 7) is 6.32. The van der Waals surface area contributed by atoms with E-state index in [1.54, 1.807) is 6.92 Å². The molecule has 0 bridgehead atoms. The van der Waals surface area contributed by atoms with Crippen molar-refractivity contribution in [2.24, 2.45) is 0 Å². The smallest absolute Gasteiger partial charge is 0.323 e. The lowest BCUT2D eigenvalue weighted by molar-refractivity contribution is -0.136. The Morgan fingerprint density at radius 3 is 2.38 bits per heavy atom. The summed E-state index contributed by atoms with van der Waals surface area (Å²) in [5, 5.41) is 7.00. The number of aliphatic carboxylic acids is 1. The summed E-state index contributed by atoms with van der Waals surface area (Å²) in [5.41, 5.74) is 0.626. The van der Waals surface area contributed by atoms with Gasteiger partial charge in [-0.05, 0) is 13.8 Å². The predicted molar refractivity (Wildman–Crippen MR) is 48.8 cm³/mol. The molecule has 0 spiro atoms. The lowest BCUT2D eigenvalue weighted by Gasteiger charge is -2.09. The number of hydrogen-bond acceptors (Lipinski definition) is 3. The topological polar surface area (TPSA) is 83.5 Å². The quantitative estimate of drug-likeness (QED) is 0.619. The van der Waals surface area contributed by atoms with E-state index in [0.29, 0.717) is 5.57 Å². The molecule has 13 heavy (non-hydrogen) atoms. The highest BCUT2D eigenvalue weighted by Gasteiger charge is 2.26. The van der Waals surface area contributed by atoms with Crippen LogP contribution >= 0.6 is 0 Å².